The number of hydrogen-bond donors (Lipinski definition) is 2. The average molecular weight is 565 g/mol. The van der Waals surface area contributed by atoms with Crippen molar-refractivity contribution in [2.75, 3.05) is 25.3 Å². The molecule has 0 saturated heterocycles. The zero-order valence-electron chi connectivity index (χ0n) is 21.7. The third kappa shape index (κ3) is 4.88. The van der Waals surface area contributed by atoms with Gasteiger partial charge >= 0.3 is 0 Å². The van der Waals surface area contributed by atoms with Crippen molar-refractivity contribution in [1.29, 1.82) is 0 Å². The summed E-state index contributed by atoms with van der Waals surface area (Å²) in [5.74, 6) is 1.21. The Morgan fingerprint density at radius 3 is 2.08 bits per heavy atom. The smallest absolute Gasteiger partial charge is 0.269 e. The number of carbonyl (C=O) groups is 1. The number of fused-ring (bicyclic) bond motifs is 1. The fourth-order valence-corrected chi connectivity index (χ4v) is 6.15. The number of hydrogen-bond acceptors (Lipinski definition) is 8. The number of thiophene rings is 1. The zero-order valence-corrected chi connectivity index (χ0v) is 23.3. The number of aromatic nitrogens is 2. The number of nitrogens with one attached hydrogen (secondary N) is 1. The number of thiazole rings is 1. The summed E-state index contributed by atoms with van der Waals surface area (Å²) in [5.41, 5.74) is 12.4. The van der Waals surface area contributed by atoms with Crippen LogP contribution in [0, 0.1) is 0 Å². The molecular formula is C31H24N4O3S2. The maximum atomic E-state index is 13.4. The molecule has 0 spiro atoms. The van der Waals surface area contributed by atoms with Gasteiger partial charge < -0.3 is 15.2 Å². The summed E-state index contributed by atoms with van der Waals surface area (Å²) in [7, 11) is 3.26. The Morgan fingerprint density at radius 2 is 1.43 bits per heavy atom. The van der Waals surface area contributed by atoms with Gasteiger partial charge in [0, 0.05) is 21.9 Å². The zero-order chi connectivity index (χ0) is 27.6. The fourth-order valence-electron chi connectivity index (χ4n) is 4.42. The third-order valence-corrected chi connectivity index (χ3v) is 8.34. The van der Waals surface area contributed by atoms with E-state index in [0.717, 1.165) is 50.5 Å². The molecule has 0 saturated carbocycles. The summed E-state index contributed by atoms with van der Waals surface area (Å²) in [6, 6.07) is 27.4. The van der Waals surface area contributed by atoms with Crippen molar-refractivity contribution in [3.8, 4) is 45.1 Å². The van der Waals surface area contributed by atoms with E-state index in [1.165, 1.54) is 22.7 Å². The molecule has 0 unspecified atom stereocenters. The van der Waals surface area contributed by atoms with Gasteiger partial charge in [0.2, 0.25) is 0 Å². The molecule has 9 heteroatoms. The molecule has 0 radical (unpaired) electrons. The third-order valence-electron chi connectivity index (χ3n) is 6.49. The first kappa shape index (κ1) is 25.5. The van der Waals surface area contributed by atoms with E-state index in [4.69, 9.17) is 20.2 Å². The molecule has 6 aromatic rings. The fraction of sp³-hybridized carbons (Fsp3) is 0.0645. The molecule has 1 amide bonds. The molecule has 0 fully saturated rings. The highest BCUT2D eigenvalue weighted by Gasteiger charge is 2.22. The molecule has 0 aliphatic heterocycles. The lowest BCUT2D eigenvalue weighted by atomic mass is 9.99. The number of pyridine rings is 1. The number of anilines is 2. The Kier molecular flexibility index (Phi) is 6.90. The van der Waals surface area contributed by atoms with E-state index in [2.05, 4.69) is 10.3 Å². The van der Waals surface area contributed by atoms with Crippen molar-refractivity contribution in [3.63, 3.8) is 0 Å². The van der Waals surface area contributed by atoms with Gasteiger partial charge in [-0.05, 0) is 53.6 Å². The van der Waals surface area contributed by atoms with Crippen LogP contribution in [0.2, 0.25) is 0 Å². The summed E-state index contributed by atoms with van der Waals surface area (Å²) < 4.78 is 10.6. The predicted octanol–water partition coefficient (Wildman–Crippen LogP) is 7.61. The van der Waals surface area contributed by atoms with Gasteiger partial charge in [-0.25, -0.2) is 9.97 Å². The molecule has 3 heterocycles. The standard InChI is InChI=1S/C31H24N4O3S2/c1-37-21-12-8-18(9-13-21)23-16-24(19-6-4-3-5-7-19)33-30-26(23)27(32)28(40-30)29(36)35-31-34-25(17-39-31)20-10-14-22(38-2)15-11-20/h3-17H,32H2,1-2H3,(H,34,35,36). The van der Waals surface area contributed by atoms with E-state index in [0.29, 0.717) is 20.5 Å². The molecule has 7 nitrogen and oxygen atoms in total. The van der Waals surface area contributed by atoms with E-state index in [9.17, 15) is 4.79 Å². The van der Waals surface area contributed by atoms with Crippen molar-refractivity contribution in [2.45, 2.75) is 0 Å². The molecule has 0 aliphatic carbocycles. The number of methoxy groups -OCH3 is 2. The number of carbonyl (C=O) groups excluding carboxylic acids is 1. The molecule has 3 aromatic carbocycles. The van der Waals surface area contributed by atoms with Crippen LogP contribution in [0.4, 0.5) is 10.8 Å². The minimum Gasteiger partial charge on any atom is -0.497 e. The molecule has 0 aliphatic rings. The lowest BCUT2D eigenvalue weighted by Crippen LogP contribution is -2.11. The molecule has 198 valence electrons. The molecule has 6 rings (SSSR count). The number of rotatable bonds is 7. The number of nitrogens with two attached hydrogens (primary N) is 1. The van der Waals surface area contributed by atoms with Crippen molar-refractivity contribution in [3.05, 3.63) is 95.2 Å². The van der Waals surface area contributed by atoms with Crippen LogP contribution in [-0.4, -0.2) is 30.1 Å². The first-order chi connectivity index (χ1) is 19.5. The van der Waals surface area contributed by atoms with E-state index in [-0.39, 0.29) is 5.91 Å². The van der Waals surface area contributed by atoms with E-state index in [1.807, 2.05) is 90.3 Å². The molecule has 3 aromatic heterocycles. The first-order valence-electron chi connectivity index (χ1n) is 12.4. The quantitative estimate of drug-likeness (QED) is 0.207. The number of ether oxygens (including phenoxy) is 2. The van der Waals surface area contributed by atoms with Crippen LogP contribution in [0.5, 0.6) is 11.5 Å². The van der Waals surface area contributed by atoms with Crippen molar-refractivity contribution in [1.82, 2.24) is 9.97 Å². The van der Waals surface area contributed by atoms with Crippen LogP contribution in [0.1, 0.15) is 9.67 Å². The number of nitrogens with zero attached hydrogens (tertiary/aromatic N) is 2. The van der Waals surface area contributed by atoms with E-state index >= 15 is 0 Å². The molecule has 3 N–H and O–H groups in total. The van der Waals surface area contributed by atoms with Crippen LogP contribution < -0.4 is 20.5 Å². The van der Waals surface area contributed by atoms with Crippen LogP contribution in [-0.2, 0) is 0 Å². The van der Waals surface area contributed by atoms with Gasteiger partial charge in [0.1, 0.15) is 21.2 Å². The predicted molar refractivity (Wildman–Crippen MR) is 164 cm³/mol. The summed E-state index contributed by atoms with van der Waals surface area (Å²) in [5, 5.41) is 6.06. The second kappa shape index (κ2) is 10.8. The Hall–Kier alpha value is -4.73. The van der Waals surface area contributed by atoms with Gasteiger partial charge in [0.15, 0.2) is 5.13 Å². The topological polar surface area (TPSA) is 99.4 Å². The Morgan fingerprint density at radius 1 is 0.800 bits per heavy atom. The summed E-state index contributed by atoms with van der Waals surface area (Å²) in [4.78, 5) is 24.0. The molecular weight excluding hydrogens is 541 g/mol. The van der Waals surface area contributed by atoms with Gasteiger partial charge in [-0.2, -0.15) is 0 Å². The second-order valence-corrected chi connectivity index (χ2v) is 10.8. The van der Waals surface area contributed by atoms with Crippen LogP contribution in [0.25, 0.3) is 43.9 Å². The highest BCUT2D eigenvalue weighted by Crippen LogP contribution is 2.42. The SMILES string of the molecule is COc1ccc(-c2csc(NC(=O)c3sc4nc(-c5ccccc5)cc(-c5ccc(OC)cc5)c4c3N)n2)cc1. The first-order valence-corrected chi connectivity index (χ1v) is 14.1. The summed E-state index contributed by atoms with van der Waals surface area (Å²) >= 11 is 2.63. The Labute approximate surface area is 238 Å². The lowest BCUT2D eigenvalue weighted by Gasteiger charge is -2.09. The maximum absolute atomic E-state index is 13.4. The van der Waals surface area contributed by atoms with Crippen molar-refractivity contribution < 1.29 is 14.3 Å². The maximum Gasteiger partial charge on any atom is 0.269 e. The van der Waals surface area contributed by atoms with Gasteiger partial charge in [0.05, 0.1) is 31.3 Å². The van der Waals surface area contributed by atoms with Gasteiger partial charge in [-0.1, -0.05) is 42.5 Å². The summed E-state index contributed by atoms with van der Waals surface area (Å²) in [6.07, 6.45) is 0. The Balaban J connectivity index is 1.38. The lowest BCUT2D eigenvalue weighted by molar-refractivity contribution is 0.103. The number of benzene rings is 3. The minimum absolute atomic E-state index is 0.321. The second-order valence-electron chi connectivity index (χ2n) is 8.90. The van der Waals surface area contributed by atoms with Crippen LogP contribution >= 0.6 is 22.7 Å². The molecule has 40 heavy (non-hydrogen) atoms. The van der Waals surface area contributed by atoms with Gasteiger partial charge in [-0.15, -0.1) is 22.7 Å². The van der Waals surface area contributed by atoms with Crippen LogP contribution in [0.3, 0.4) is 0 Å². The van der Waals surface area contributed by atoms with Crippen molar-refractivity contribution in [2.24, 2.45) is 0 Å². The number of nitrogen functional groups attached to an aromatic ring is 1. The normalized spacial score (nSPS) is 10.9. The van der Waals surface area contributed by atoms with Crippen LogP contribution in [0.15, 0.2) is 90.3 Å². The van der Waals surface area contributed by atoms with Gasteiger partial charge in [0.25, 0.3) is 5.91 Å². The highest BCUT2D eigenvalue weighted by molar-refractivity contribution is 7.21. The minimum atomic E-state index is -0.321. The van der Waals surface area contributed by atoms with Gasteiger partial charge in [-0.3, -0.25) is 10.1 Å². The largest absolute Gasteiger partial charge is 0.497 e. The summed E-state index contributed by atoms with van der Waals surface area (Å²) in [6.45, 7) is 0. The monoisotopic (exact) mass is 564 g/mol. The molecule has 0 atom stereocenters. The van der Waals surface area contributed by atoms with E-state index in [1.54, 1.807) is 14.2 Å². The van der Waals surface area contributed by atoms with Crippen molar-refractivity contribution >= 4 is 49.6 Å². The number of amides is 1. The Bertz CT molecular complexity index is 1810. The molecule has 0 bridgehead atoms. The van der Waals surface area contributed by atoms with E-state index < -0.39 is 0 Å². The highest BCUT2D eigenvalue weighted by atomic mass is 32.1. The average Bonchev–Trinajstić information content (AvgIpc) is 3.61.